The van der Waals surface area contributed by atoms with E-state index >= 15 is 0 Å². The van der Waals surface area contributed by atoms with Crippen LogP contribution in [0.25, 0.3) is 0 Å². The highest BCUT2D eigenvalue weighted by Gasteiger charge is 2.23. The van der Waals surface area contributed by atoms with Crippen molar-refractivity contribution in [3.63, 3.8) is 0 Å². The number of amides is 1. The van der Waals surface area contributed by atoms with Crippen LogP contribution in [0.3, 0.4) is 0 Å². The molecule has 1 atom stereocenters. The largest absolute Gasteiger partial charge is 0.361 e. The van der Waals surface area contributed by atoms with Gasteiger partial charge in [-0.3, -0.25) is 9.78 Å². The van der Waals surface area contributed by atoms with Crippen molar-refractivity contribution in [1.82, 2.24) is 25.2 Å². The lowest BCUT2D eigenvalue weighted by Gasteiger charge is -2.20. The molecule has 8 heteroatoms. The molecule has 1 unspecified atom stereocenters. The summed E-state index contributed by atoms with van der Waals surface area (Å²) in [6.45, 7) is 3.38. The van der Waals surface area contributed by atoms with E-state index in [2.05, 4.69) is 24.9 Å². The molecular formula is C18H26N6O2. The third-order valence-electron chi connectivity index (χ3n) is 4.91. The molecule has 140 valence electrons. The number of anilines is 1. The van der Waals surface area contributed by atoms with E-state index in [1.807, 2.05) is 36.3 Å². The molecule has 0 aromatic carbocycles. The van der Waals surface area contributed by atoms with Crippen LogP contribution in [0.5, 0.6) is 0 Å². The van der Waals surface area contributed by atoms with Crippen LogP contribution in [0.4, 0.5) is 5.82 Å². The summed E-state index contributed by atoms with van der Waals surface area (Å²) in [5.74, 6) is 1.49. The Morgan fingerprint density at radius 2 is 2.08 bits per heavy atom. The van der Waals surface area contributed by atoms with Gasteiger partial charge in [0.25, 0.3) is 0 Å². The van der Waals surface area contributed by atoms with E-state index in [0.717, 1.165) is 50.3 Å². The zero-order valence-electron chi connectivity index (χ0n) is 15.7. The summed E-state index contributed by atoms with van der Waals surface area (Å²) in [5.41, 5.74) is 2.34. The first-order valence-corrected chi connectivity index (χ1v) is 9.07. The van der Waals surface area contributed by atoms with Gasteiger partial charge >= 0.3 is 0 Å². The number of aromatic nitrogens is 4. The normalized spacial score (nSPS) is 17.8. The standard InChI is InChI=1S/C18H26N6O2/c1-13-16(22-26-21-13)10-18(25)24-7-4-5-14(6-8-24)9-15-11-20-17(12-19-15)23(2)3/h11-12,14H,4-10H2,1-3H3. The lowest BCUT2D eigenvalue weighted by molar-refractivity contribution is -0.130. The molecule has 1 saturated heterocycles. The lowest BCUT2D eigenvalue weighted by atomic mass is 9.95. The van der Waals surface area contributed by atoms with Crippen LogP contribution < -0.4 is 4.90 Å². The minimum Gasteiger partial charge on any atom is -0.361 e. The van der Waals surface area contributed by atoms with Crippen LogP contribution in [0, 0.1) is 12.8 Å². The number of aryl methyl sites for hydroxylation is 1. The molecule has 2 aromatic rings. The summed E-state index contributed by atoms with van der Waals surface area (Å²) in [6, 6.07) is 0. The highest BCUT2D eigenvalue weighted by Crippen LogP contribution is 2.22. The van der Waals surface area contributed by atoms with Crippen LogP contribution >= 0.6 is 0 Å². The van der Waals surface area contributed by atoms with Crippen molar-refractivity contribution in [2.75, 3.05) is 32.1 Å². The maximum Gasteiger partial charge on any atom is 0.228 e. The smallest absolute Gasteiger partial charge is 0.228 e. The highest BCUT2D eigenvalue weighted by molar-refractivity contribution is 5.78. The zero-order chi connectivity index (χ0) is 18.5. The average Bonchev–Trinajstić information content (AvgIpc) is 2.88. The van der Waals surface area contributed by atoms with Gasteiger partial charge in [0.15, 0.2) is 0 Å². The number of carbonyl (C=O) groups excluding carboxylic acids is 1. The quantitative estimate of drug-likeness (QED) is 0.803. The second kappa shape index (κ2) is 8.25. The monoisotopic (exact) mass is 358 g/mol. The average molecular weight is 358 g/mol. The first-order valence-electron chi connectivity index (χ1n) is 9.07. The van der Waals surface area contributed by atoms with E-state index in [1.54, 1.807) is 6.92 Å². The molecule has 26 heavy (non-hydrogen) atoms. The fourth-order valence-electron chi connectivity index (χ4n) is 3.26. The molecule has 3 heterocycles. The molecule has 0 bridgehead atoms. The SMILES string of the molecule is Cc1nonc1CC(=O)N1CCCC(Cc2cnc(N(C)C)cn2)CC1. The van der Waals surface area contributed by atoms with E-state index in [4.69, 9.17) is 0 Å². The molecule has 1 fully saturated rings. The number of hydrogen-bond acceptors (Lipinski definition) is 7. The molecule has 2 aromatic heterocycles. The van der Waals surface area contributed by atoms with Crippen molar-refractivity contribution in [2.45, 2.75) is 39.0 Å². The van der Waals surface area contributed by atoms with Gasteiger partial charge < -0.3 is 9.80 Å². The number of carbonyl (C=O) groups is 1. The van der Waals surface area contributed by atoms with Crippen molar-refractivity contribution in [1.29, 1.82) is 0 Å². The maximum absolute atomic E-state index is 12.5. The van der Waals surface area contributed by atoms with Gasteiger partial charge in [-0.25, -0.2) is 9.61 Å². The summed E-state index contributed by atoms with van der Waals surface area (Å²) in [7, 11) is 3.91. The first-order chi connectivity index (χ1) is 12.5. The van der Waals surface area contributed by atoms with Crippen LogP contribution in [-0.2, 0) is 17.6 Å². The Morgan fingerprint density at radius 1 is 1.23 bits per heavy atom. The minimum absolute atomic E-state index is 0.0968. The Kier molecular flexibility index (Phi) is 5.80. The van der Waals surface area contributed by atoms with Crippen molar-refractivity contribution >= 4 is 11.7 Å². The number of likely N-dealkylation sites (tertiary alicyclic amines) is 1. The molecule has 1 aliphatic heterocycles. The van der Waals surface area contributed by atoms with E-state index in [1.165, 1.54) is 0 Å². The molecule has 8 nitrogen and oxygen atoms in total. The fourth-order valence-corrected chi connectivity index (χ4v) is 3.26. The molecule has 1 aliphatic rings. The van der Waals surface area contributed by atoms with Gasteiger partial charge in [0.2, 0.25) is 5.91 Å². The number of hydrogen-bond donors (Lipinski definition) is 0. The van der Waals surface area contributed by atoms with Crippen LogP contribution in [0.2, 0.25) is 0 Å². The Hall–Kier alpha value is -2.51. The summed E-state index contributed by atoms with van der Waals surface area (Å²) in [4.78, 5) is 25.4. The number of nitrogens with zero attached hydrogens (tertiary/aromatic N) is 6. The number of rotatable bonds is 5. The van der Waals surface area contributed by atoms with Crippen molar-refractivity contribution in [3.8, 4) is 0 Å². The third kappa shape index (κ3) is 4.56. The predicted molar refractivity (Wildman–Crippen MR) is 96.7 cm³/mol. The van der Waals surface area contributed by atoms with Gasteiger partial charge in [0.05, 0.1) is 24.5 Å². The van der Waals surface area contributed by atoms with Gasteiger partial charge in [-0.15, -0.1) is 0 Å². The van der Waals surface area contributed by atoms with E-state index in [0.29, 0.717) is 17.3 Å². The highest BCUT2D eigenvalue weighted by atomic mass is 16.6. The topological polar surface area (TPSA) is 88.2 Å². The van der Waals surface area contributed by atoms with Gasteiger partial charge in [-0.1, -0.05) is 10.3 Å². The Balaban J connectivity index is 1.53. The fraction of sp³-hybridized carbons (Fsp3) is 0.611. The summed E-state index contributed by atoms with van der Waals surface area (Å²) in [5, 5.41) is 7.55. The summed E-state index contributed by atoms with van der Waals surface area (Å²) in [6.07, 6.45) is 7.95. The molecule has 0 radical (unpaired) electrons. The van der Waals surface area contributed by atoms with Crippen LogP contribution in [0.1, 0.15) is 36.3 Å². The molecule has 0 aliphatic carbocycles. The first kappa shape index (κ1) is 18.3. The van der Waals surface area contributed by atoms with Crippen molar-refractivity contribution in [2.24, 2.45) is 5.92 Å². The maximum atomic E-state index is 12.5. The predicted octanol–water partition coefficient (Wildman–Crippen LogP) is 1.65. The van der Waals surface area contributed by atoms with E-state index in [9.17, 15) is 4.79 Å². The van der Waals surface area contributed by atoms with Gasteiger partial charge in [0.1, 0.15) is 17.2 Å². The van der Waals surface area contributed by atoms with E-state index in [-0.39, 0.29) is 12.3 Å². The van der Waals surface area contributed by atoms with Gasteiger partial charge in [-0.05, 0) is 38.5 Å². The van der Waals surface area contributed by atoms with Crippen molar-refractivity contribution in [3.05, 3.63) is 29.5 Å². The third-order valence-corrected chi connectivity index (χ3v) is 4.91. The van der Waals surface area contributed by atoms with Gasteiger partial charge in [-0.2, -0.15) is 0 Å². The van der Waals surface area contributed by atoms with Crippen molar-refractivity contribution < 1.29 is 9.42 Å². The lowest BCUT2D eigenvalue weighted by Crippen LogP contribution is -2.33. The van der Waals surface area contributed by atoms with Crippen LogP contribution in [0.15, 0.2) is 17.0 Å². The Bertz CT molecular complexity index is 728. The van der Waals surface area contributed by atoms with Gasteiger partial charge in [0, 0.05) is 27.2 Å². The molecule has 1 amide bonds. The molecule has 0 N–H and O–H groups in total. The summed E-state index contributed by atoms with van der Waals surface area (Å²) < 4.78 is 4.68. The molecule has 3 rings (SSSR count). The Labute approximate surface area is 153 Å². The minimum atomic E-state index is 0.0968. The molecule has 0 spiro atoms. The second-order valence-electron chi connectivity index (χ2n) is 7.12. The van der Waals surface area contributed by atoms with Crippen LogP contribution in [-0.4, -0.2) is 58.3 Å². The summed E-state index contributed by atoms with van der Waals surface area (Å²) >= 11 is 0. The molecular weight excluding hydrogens is 332 g/mol. The zero-order valence-corrected chi connectivity index (χ0v) is 15.7. The van der Waals surface area contributed by atoms with E-state index < -0.39 is 0 Å². The molecule has 0 saturated carbocycles. The Morgan fingerprint density at radius 3 is 2.73 bits per heavy atom. The second-order valence-corrected chi connectivity index (χ2v) is 7.12.